The van der Waals surface area contributed by atoms with Crippen LogP contribution in [-0.4, -0.2) is 54.9 Å². The molecule has 0 unspecified atom stereocenters. The van der Waals surface area contributed by atoms with Crippen molar-refractivity contribution >= 4 is 40.1 Å². The Morgan fingerprint density at radius 2 is 1.50 bits per heavy atom. The highest BCUT2D eigenvalue weighted by atomic mass is 127. The number of carboxylic acid groups (broad SMARTS) is 1. The molecular formula is C35H40INO7. The zero-order valence-electron chi connectivity index (χ0n) is 26.2. The lowest BCUT2D eigenvalue weighted by Gasteiger charge is -2.49. The molecule has 2 aliphatic carbocycles. The third-order valence-corrected chi connectivity index (χ3v) is 9.51. The number of benzene rings is 2. The number of hydrogen-bond donors (Lipinski definition) is 1. The van der Waals surface area contributed by atoms with Gasteiger partial charge in [0.1, 0.15) is 6.61 Å². The number of rotatable bonds is 9. The second-order valence-electron chi connectivity index (χ2n) is 13.5. The first-order valence-corrected chi connectivity index (χ1v) is 15.9. The molecule has 0 saturated carbocycles. The minimum atomic E-state index is -0.981. The van der Waals surface area contributed by atoms with Gasteiger partial charge in [-0.05, 0) is 81.7 Å². The summed E-state index contributed by atoms with van der Waals surface area (Å²) in [6.07, 6.45) is 2.29. The van der Waals surface area contributed by atoms with E-state index >= 15 is 0 Å². The van der Waals surface area contributed by atoms with Crippen LogP contribution in [0.5, 0.6) is 11.5 Å². The predicted octanol–water partition coefficient (Wildman–Crippen LogP) is 6.91. The predicted molar refractivity (Wildman–Crippen MR) is 175 cm³/mol. The molecule has 0 spiro atoms. The van der Waals surface area contributed by atoms with Gasteiger partial charge in [-0.15, -0.1) is 0 Å². The Morgan fingerprint density at radius 3 is 2.00 bits per heavy atom. The van der Waals surface area contributed by atoms with E-state index in [0.29, 0.717) is 48.6 Å². The molecule has 1 heterocycles. The molecule has 44 heavy (non-hydrogen) atoms. The quantitative estimate of drug-likeness (QED) is 0.280. The van der Waals surface area contributed by atoms with E-state index in [-0.39, 0.29) is 34.6 Å². The average Bonchev–Trinajstić information content (AvgIpc) is 2.93. The molecule has 0 amide bonds. The van der Waals surface area contributed by atoms with E-state index < -0.39 is 11.9 Å². The Kier molecular flexibility index (Phi) is 9.01. The number of carbonyl (C=O) groups is 3. The van der Waals surface area contributed by atoms with Crippen LogP contribution in [0.25, 0.3) is 0 Å². The van der Waals surface area contributed by atoms with Crippen LogP contribution in [-0.2, 0) is 20.9 Å². The maximum Gasteiger partial charge on any atom is 0.335 e. The smallest absolute Gasteiger partial charge is 0.335 e. The van der Waals surface area contributed by atoms with Crippen LogP contribution in [0, 0.1) is 14.4 Å². The Morgan fingerprint density at radius 1 is 0.932 bits per heavy atom. The number of carboxylic acids is 1. The number of nitrogens with zero attached hydrogens (tertiary/aromatic N) is 1. The van der Waals surface area contributed by atoms with E-state index in [1.54, 1.807) is 38.5 Å². The fraction of sp³-hybridized carbons (Fsp3) is 0.457. The van der Waals surface area contributed by atoms with Gasteiger partial charge in [0, 0.05) is 55.0 Å². The van der Waals surface area contributed by atoms with Gasteiger partial charge in [-0.2, -0.15) is 0 Å². The monoisotopic (exact) mass is 713 g/mol. The van der Waals surface area contributed by atoms with Gasteiger partial charge in [-0.25, -0.2) is 4.79 Å². The van der Waals surface area contributed by atoms with Crippen molar-refractivity contribution in [1.29, 1.82) is 0 Å². The third-order valence-electron chi connectivity index (χ3n) is 8.71. The van der Waals surface area contributed by atoms with Gasteiger partial charge in [0.25, 0.3) is 0 Å². The van der Waals surface area contributed by atoms with Gasteiger partial charge >= 0.3 is 5.97 Å². The normalized spacial score (nSPS) is 19.6. The topological polar surface area (TPSA) is 102 Å². The molecule has 2 aromatic rings. The second kappa shape index (κ2) is 12.3. The molecule has 9 heteroatoms. The first-order chi connectivity index (χ1) is 20.7. The van der Waals surface area contributed by atoms with E-state index in [2.05, 4.69) is 55.2 Å². The molecule has 0 fully saturated rings. The summed E-state index contributed by atoms with van der Waals surface area (Å²) in [5, 5.41) is 9.20. The van der Waals surface area contributed by atoms with Crippen LogP contribution in [0.1, 0.15) is 80.8 Å². The molecule has 0 radical (unpaired) electrons. The molecule has 234 valence electrons. The summed E-state index contributed by atoms with van der Waals surface area (Å²) in [4.78, 5) is 41.5. The largest absolute Gasteiger partial charge is 0.493 e. The van der Waals surface area contributed by atoms with E-state index in [0.717, 1.165) is 38.9 Å². The molecule has 2 aromatic carbocycles. The van der Waals surface area contributed by atoms with Crippen LogP contribution < -0.4 is 9.47 Å². The number of hydrogen-bond acceptors (Lipinski definition) is 7. The highest BCUT2D eigenvalue weighted by molar-refractivity contribution is 14.1. The Balaban J connectivity index is 1.61. The molecule has 0 aromatic heterocycles. The molecule has 3 aliphatic rings. The number of Topliss-reactive ketones (excluding diaryl/α,β-unsaturated/α-hetero) is 2. The molecule has 1 aliphatic heterocycles. The van der Waals surface area contributed by atoms with Crippen molar-refractivity contribution in [1.82, 2.24) is 4.90 Å². The van der Waals surface area contributed by atoms with E-state index in [4.69, 9.17) is 14.2 Å². The highest BCUT2D eigenvalue weighted by Gasteiger charge is 2.49. The lowest BCUT2D eigenvalue weighted by Crippen LogP contribution is -2.45. The Labute approximate surface area is 272 Å². The minimum absolute atomic E-state index is 0.0759. The van der Waals surface area contributed by atoms with Crippen LogP contribution in [0.4, 0.5) is 0 Å². The average molecular weight is 714 g/mol. The lowest BCUT2D eigenvalue weighted by molar-refractivity contribution is -0.119. The summed E-state index contributed by atoms with van der Waals surface area (Å²) in [6.45, 7) is 9.80. The van der Waals surface area contributed by atoms with E-state index in [1.807, 2.05) is 12.1 Å². The van der Waals surface area contributed by atoms with Crippen molar-refractivity contribution in [3.05, 3.63) is 79.2 Å². The minimum Gasteiger partial charge on any atom is -0.493 e. The molecule has 5 rings (SSSR count). The van der Waals surface area contributed by atoms with Gasteiger partial charge < -0.3 is 24.2 Å². The van der Waals surface area contributed by atoms with E-state index in [9.17, 15) is 19.5 Å². The van der Waals surface area contributed by atoms with Crippen molar-refractivity contribution in [3.63, 3.8) is 0 Å². The van der Waals surface area contributed by atoms with E-state index in [1.165, 1.54) is 0 Å². The summed E-state index contributed by atoms with van der Waals surface area (Å²) in [5.41, 5.74) is 4.85. The third kappa shape index (κ3) is 6.31. The Hall–Kier alpha value is -3.18. The Bertz CT molecular complexity index is 1510. The first kappa shape index (κ1) is 32.2. The molecule has 1 N–H and O–H groups in total. The first-order valence-electron chi connectivity index (χ1n) is 14.9. The van der Waals surface area contributed by atoms with Crippen molar-refractivity contribution in [2.75, 3.05) is 27.4 Å². The van der Waals surface area contributed by atoms with Crippen molar-refractivity contribution in [2.24, 2.45) is 10.8 Å². The van der Waals surface area contributed by atoms with Crippen molar-refractivity contribution < 1.29 is 33.7 Å². The van der Waals surface area contributed by atoms with Crippen LogP contribution in [0.15, 0.2) is 58.9 Å². The molecule has 0 atom stereocenters. The number of aromatic carboxylic acids is 1. The van der Waals surface area contributed by atoms with Gasteiger partial charge in [-0.3, -0.25) is 9.59 Å². The van der Waals surface area contributed by atoms with Gasteiger partial charge in [-0.1, -0.05) is 39.8 Å². The van der Waals surface area contributed by atoms with Gasteiger partial charge in [0.15, 0.2) is 23.1 Å². The fourth-order valence-electron chi connectivity index (χ4n) is 6.78. The highest BCUT2D eigenvalue weighted by Crippen LogP contribution is 2.55. The van der Waals surface area contributed by atoms with Crippen molar-refractivity contribution in [2.45, 2.75) is 65.9 Å². The number of ether oxygens (including phenoxy) is 3. The zero-order valence-corrected chi connectivity index (χ0v) is 28.4. The van der Waals surface area contributed by atoms with Gasteiger partial charge in [0.05, 0.1) is 22.9 Å². The number of ketones is 2. The summed E-state index contributed by atoms with van der Waals surface area (Å²) >= 11 is 2.22. The summed E-state index contributed by atoms with van der Waals surface area (Å²) < 4.78 is 18.3. The standard InChI is InChI=1S/C35H40INO7/c1-34(2)15-24-30(26(38)17-34)29(31-25(37(24)11-12-42-5)16-35(3,4)18-27(31)39)22-13-23(36)32(28(14-22)43-6)44-19-20-7-9-21(10-8-20)33(40)41/h7-10,13-14,29H,11-12,15-19H2,1-6H3,(H,40,41). The zero-order chi connectivity index (χ0) is 32.0. The number of methoxy groups -OCH3 is 2. The number of halogens is 1. The maximum atomic E-state index is 14.0. The summed E-state index contributed by atoms with van der Waals surface area (Å²) in [5.74, 6) is -0.269. The second-order valence-corrected chi connectivity index (χ2v) is 14.7. The molecule has 0 bridgehead atoms. The molecular weight excluding hydrogens is 673 g/mol. The maximum absolute atomic E-state index is 14.0. The summed E-state index contributed by atoms with van der Waals surface area (Å²) in [7, 11) is 3.25. The van der Waals surface area contributed by atoms with Crippen LogP contribution in [0.3, 0.4) is 0 Å². The molecule has 8 nitrogen and oxygen atoms in total. The van der Waals surface area contributed by atoms with Gasteiger partial charge in [0.2, 0.25) is 0 Å². The fourth-order valence-corrected chi connectivity index (χ4v) is 7.56. The summed E-state index contributed by atoms with van der Waals surface area (Å²) in [6, 6.07) is 10.4. The number of carbonyl (C=O) groups excluding carboxylic acids is 2. The van der Waals surface area contributed by atoms with Crippen molar-refractivity contribution in [3.8, 4) is 11.5 Å². The SMILES string of the molecule is COCCN1C2=C(C(=O)CC(C)(C)C2)C(c2cc(I)c(OCc3ccc(C(=O)O)cc3)c(OC)c2)C2=C1CC(C)(C)CC2=O. The number of allylic oxidation sites excluding steroid dienone is 4. The van der Waals surface area contributed by atoms with Crippen LogP contribution >= 0.6 is 22.6 Å². The van der Waals surface area contributed by atoms with Crippen LogP contribution in [0.2, 0.25) is 0 Å². The lowest BCUT2D eigenvalue weighted by atomic mass is 9.63. The molecule has 0 saturated heterocycles.